The SMILES string of the molecule is Cc1ccc(C(=O)Oc2ccc(/C=N/NC(=O)c3ccc(C(C)(C)C)cc3)cc2)cc1. The van der Waals surface area contributed by atoms with Gasteiger partial charge in [-0.2, -0.15) is 5.10 Å². The molecule has 3 aromatic carbocycles. The summed E-state index contributed by atoms with van der Waals surface area (Å²) in [6.45, 7) is 8.34. The Balaban J connectivity index is 1.55. The van der Waals surface area contributed by atoms with Crippen LogP contribution in [0.3, 0.4) is 0 Å². The Labute approximate surface area is 182 Å². The van der Waals surface area contributed by atoms with Crippen molar-refractivity contribution < 1.29 is 14.3 Å². The third-order valence-electron chi connectivity index (χ3n) is 4.77. The maximum absolute atomic E-state index is 12.2. The van der Waals surface area contributed by atoms with Crippen molar-refractivity contribution in [3.63, 3.8) is 0 Å². The van der Waals surface area contributed by atoms with Gasteiger partial charge >= 0.3 is 5.97 Å². The second kappa shape index (κ2) is 9.39. The highest BCUT2D eigenvalue weighted by Gasteiger charge is 2.14. The average molecular weight is 415 g/mol. The maximum Gasteiger partial charge on any atom is 0.343 e. The summed E-state index contributed by atoms with van der Waals surface area (Å²) in [6, 6.07) is 21.6. The van der Waals surface area contributed by atoms with Gasteiger partial charge in [-0.15, -0.1) is 0 Å². The van der Waals surface area contributed by atoms with Gasteiger partial charge < -0.3 is 4.74 Å². The highest BCUT2D eigenvalue weighted by atomic mass is 16.5. The summed E-state index contributed by atoms with van der Waals surface area (Å²) in [6.07, 6.45) is 1.53. The van der Waals surface area contributed by atoms with Crippen LogP contribution in [0.25, 0.3) is 0 Å². The van der Waals surface area contributed by atoms with Crippen LogP contribution in [-0.4, -0.2) is 18.1 Å². The molecule has 0 radical (unpaired) electrons. The Hall–Kier alpha value is -3.73. The van der Waals surface area contributed by atoms with E-state index in [4.69, 9.17) is 4.74 Å². The van der Waals surface area contributed by atoms with E-state index in [0.717, 1.165) is 16.7 Å². The van der Waals surface area contributed by atoms with E-state index in [0.29, 0.717) is 16.9 Å². The smallest absolute Gasteiger partial charge is 0.343 e. The van der Waals surface area contributed by atoms with Crippen LogP contribution in [0, 0.1) is 6.92 Å². The largest absolute Gasteiger partial charge is 0.423 e. The van der Waals surface area contributed by atoms with Gasteiger partial charge in [-0.05, 0) is 72.0 Å². The van der Waals surface area contributed by atoms with E-state index in [2.05, 4.69) is 31.3 Å². The molecule has 5 heteroatoms. The van der Waals surface area contributed by atoms with E-state index in [9.17, 15) is 9.59 Å². The number of hydrazone groups is 1. The first-order chi connectivity index (χ1) is 14.7. The van der Waals surface area contributed by atoms with Gasteiger partial charge in [-0.1, -0.05) is 50.6 Å². The van der Waals surface area contributed by atoms with Crippen molar-refractivity contribution >= 4 is 18.1 Å². The number of amides is 1. The number of hydrogen-bond donors (Lipinski definition) is 1. The number of rotatable bonds is 5. The minimum atomic E-state index is -0.411. The van der Waals surface area contributed by atoms with Crippen molar-refractivity contribution in [2.75, 3.05) is 0 Å². The van der Waals surface area contributed by atoms with Crippen molar-refractivity contribution in [2.24, 2.45) is 5.10 Å². The summed E-state index contributed by atoms with van der Waals surface area (Å²) in [5.41, 5.74) is 6.60. The zero-order valence-corrected chi connectivity index (χ0v) is 18.2. The minimum Gasteiger partial charge on any atom is -0.423 e. The lowest BCUT2D eigenvalue weighted by atomic mass is 9.87. The Bertz CT molecular complexity index is 1080. The van der Waals surface area contributed by atoms with Crippen molar-refractivity contribution in [1.82, 2.24) is 5.43 Å². The fourth-order valence-electron chi connectivity index (χ4n) is 2.83. The molecule has 0 aromatic heterocycles. The summed E-state index contributed by atoms with van der Waals surface area (Å²) in [7, 11) is 0. The molecule has 3 aromatic rings. The number of hydrogen-bond acceptors (Lipinski definition) is 4. The van der Waals surface area contributed by atoms with E-state index in [1.54, 1.807) is 48.5 Å². The molecule has 3 rings (SSSR count). The fraction of sp³-hybridized carbons (Fsp3) is 0.192. The molecule has 5 nitrogen and oxygen atoms in total. The molecule has 0 aliphatic heterocycles. The zero-order chi connectivity index (χ0) is 22.4. The number of carbonyl (C=O) groups excluding carboxylic acids is 2. The molecular weight excluding hydrogens is 388 g/mol. The predicted octanol–water partition coefficient (Wildman–Crippen LogP) is 5.28. The van der Waals surface area contributed by atoms with Crippen LogP contribution in [0.4, 0.5) is 0 Å². The Kier molecular flexibility index (Phi) is 6.65. The minimum absolute atomic E-state index is 0.0355. The van der Waals surface area contributed by atoms with Gasteiger partial charge in [-0.25, -0.2) is 10.2 Å². The second-order valence-electron chi connectivity index (χ2n) is 8.35. The van der Waals surface area contributed by atoms with Crippen LogP contribution in [-0.2, 0) is 5.41 Å². The maximum atomic E-state index is 12.2. The Morgan fingerprint density at radius 1 is 0.839 bits per heavy atom. The molecule has 0 spiro atoms. The van der Waals surface area contributed by atoms with Gasteiger partial charge in [0.05, 0.1) is 11.8 Å². The first-order valence-corrected chi connectivity index (χ1v) is 10.1. The normalized spacial score (nSPS) is 11.4. The molecular formula is C26H26N2O3. The van der Waals surface area contributed by atoms with E-state index < -0.39 is 5.97 Å². The molecule has 1 N–H and O–H groups in total. The monoisotopic (exact) mass is 414 g/mol. The van der Waals surface area contributed by atoms with Crippen LogP contribution < -0.4 is 10.2 Å². The van der Waals surface area contributed by atoms with Crippen LogP contribution in [0.2, 0.25) is 0 Å². The van der Waals surface area contributed by atoms with Crippen molar-refractivity contribution in [3.05, 3.63) is 101 Å². The number of benzene rings is 3. The second-order valence-corrected chi connectivity index (χ2v) is 8.35. The van der Waals surface area contributed by atoms with Gasteiger partial charge in [0.15, 0.2) is 0 Å². The summed E-state index contributed by atoms with van der Waals surface area (Å²) in [5, 5.41) is 4.00. The highest BCUT2D eigenvalue weighted by molar-refractivity contribution is 5.95. The summed E-state index contributed by atoms with van der Waals surface area (Å²) in [5.74, 6) is -0.253. The molecule has 31 heavy (non-hydrogen) atoms. The third kappa shape index (κ3) is 6.12. The quantitative estimate of drug-likeness (QED) is 0.267. The number of carbonyl (C=O) groups is 2. The van der Waals surface area contributed by atoms with Crippen molar-refractivity contribution in [3.8, 4) is 5.75 Å². The topological polar surface area (TPSA) is 67.8 Å². The van der Waals surface area contributed by atoms with E-state index in [-0.39, 0.29) is 11.3 Å². The fourth-order valence-corrected chi connectivity index (χ4v) is 2.83. The molecule has 0 saturated carbocycles. The zero-order valence-electron chi connectivity index (χ0n) is 18.2. The molecule has 0 unspecified atom stereocenters. The lowest BCUT2D eigenvalue weighted by Crippen LogP contribution is -2.18. The molecule has 0 aliphatic carbocycles. The number of esters is 1. The molecule has 0 fully saturated rings. The number of nitrogens with zero attached hydrogens (tertiary/aromatic N) is 1. The third-order valence-corrected chi connectivity index (χ3v) is 4.77. The van der Waals surface area contributed by atoms with Gasteiger partial charge in [-0.3, -0.25) is 4.79 Å². The molecule has 0 heterocycles. The lowest BCUT2D eigenvalue weighted by Gasteiger charge is -2.18. The first-order valence-electron chi connectivity index (χ1n) is 10.1. The van der Waals surface area contributed by atoms with E-state index in [1.165, 1.54) is 6.21 Å². The average Bonchev–Trinajstić information content (AvgIpc) is 2.75. The van der Waals surface area contributed by atoms with Gasteiger partial charge in [0.2, 0.25) is 0 Å². The van der Waals surface area contributed by atoms with Crippen LogP contribution in [0.1, 0.15) is 58.2 Å². The van der Waals surface area contributed by atoms with E-state index in [1.807, 2.05) is 31.2 Å². The van der Waals surface area contributed by atoms with Gasteiger partial charge in [0.1, 0.15) is 5.75 Å². The van der Waals surface area contributed by atoms with Gasteiger partial charge in [0, 0.05) is 5.56 Å². The number of ether oxygens (including phenoxy) is 1. The summed E-state index contributed by atoms with van der Waals surface area (Å²) >= 11 is 0. The van der Waals surface area contributed by atoms with Crippen LogP contribution in [0.5, 0.6) is 5.75 Å². The van der Waals surface area contributed by atoms with E-state index >= 15 is 0 Å². The molecule has 1 amide bonds. The molecule has 0 bridgehead atoms. The molecule has 0 atom stereocenters. The lowest BCUT2D eigenvalue weighted by molar-refractivity contribution is 0.0734. The van der Waals surface area contributed by atoms with Gasteiger partial charge in [0.25, 0.3) is 5.91 Å². The highest BCUT2D eigenvalue weighted by Crippen LogP contribution is 2.22. The molecule has 0 saturated heterocycles. The Morgan fingerprint density at radius 3 is 2.00 bits per heavy atom. The molecule has 158 valence electrons. The predicted molar refractivity (Wildman–Crippen MR) is 123 cm³/mol. The molecule has 0 aliphatic rings. The number of nitrogens with one attached hydrogen (secondary N) is 1. The van der Waals surface area contributed by atoms with Crippen LogP contribution in [0.15, 0.2) is 77.9 Å². The first kappa shape index (κ1) is 22.0. The summed E-state index contributed by atoms with van der Waals surface area (Å²) in [4.78, 5) is 24.4. The standard InChI is InChI=1S/C26H26N2O3/c1-18-5-9-21(10-6-18)25(30)31-23-15-7-19(8-16-23)17-27-28-24(29)20-11-13-22(14-12-20)26(2,3)4/h5-17H,1-4H3,(H,28,29)/b27-17+. The van der Waals surface area contributed by atoms with Crippen molar-refractivity contribution in [2.45, 2.75) is 33.1 Å². The number of aryl methyl sites for hydroxylation is 1. The van der Waals surface area contributed by atoms with Crippen molar-refractivity contribution in [1.29, 1.82) is 0 Å². The Morgan fingerprint density at radius 2 is 1.42 bits per heavy atom. The summed E-state index contributed by atoms with van der Waals surface area (Å²) < 4.78 is 5.38. The van der Waals surface area contributed by atoms with Crippen LogP contribution >= 0.6 is 0 Å².